The van der Waals surface area contributed by atoms with Crippen LogP contribution in [0.15, 0.2) is 30.8 Å². The molecule has 1 fully saturated rings. The number of hydrogen-bond acceptors (Lipinski definition) is 2. The number of likely N-dealkylation sites (tertiary alicyclic amines) is 1. The van der Waals surface area contributed by atoms with Crippen molar-refractivity contribution in [2.24, 2.45) is 5.73 Å². The molecule has 1 heterocycles. The SMILES string of the molecule is C=C(c1ccc(C(=N)N)cc1)N1CCC[C@H]1C. The third-order valence-electron chi connectivity index (χ3n) is 3.43. The van der Waals surface area contributed by atoms with Gasteiger partial charge in [-0.25, -0.2) is 0 Å². The highest BCUT2D eigenvalue weighted by Gasteiger charge is 2.21. The standard InChI is InChI=1S/C14H19N3/c1-10-4-3-9-17(10)11(2)12-5-7-13(8-6-12)14(15)16/h5-8,10H,2-4,9H2,1H3,(H3,15,16)/t10-/m1/s1. The van der Waals surface area contributed by atoms with Crippen LogP contribution in [-0.4, -0.2) is 23.3 Å². The molecule has 1 atom stereocenters. The van der Waals surface area contributed by atoms with Gasteiger partial charge in [0.05, 0.1) is 0 Å². The molecule has 3 heteroatoms. The zero-order chi connectivity index (χ0) is 12.4. The summed E-state index contributed by atoms with van der Waals surface area (Å²) in [6, 6.07) is 8.32. The summed E-state index contributed by atoms with van der Waals surface area (Å²) >= 11 is 0. The summed E-state index contributed by atoms with van der Waals surface area (Å²) in [7, 11) is 0. The van der Waals surface area contributed by atoms with Crippen LogP contribution in [0.5, 0.6) is 0 Å². The number of rotatable bonds is 3. The Labute approximate surface area is 102 Å². The van der Waals surface area contributed by atoms with Crippen LogP contribution >= 0.6 is 0 Å². The topological polar surface area (TPSA) is 53.1 Å². The van der Waals surface area contributed by atoms with E-state index in [0.717, 1.165) is 23.4 Å². The molecular weight excluding hydrogens is 210 g/mol. The number of nitrogens with zero attached hydrogens (tertiary/aromatic N) is 1. The zero-order valence-corrected chi connectivity index (χ0v) is 10.2. The first-order chi connectivity index (χ1) is 8.09. The highest BCUT2D eigenvalue weighted by Crippen LogP contribution is 2.27. The fraction of sp³-hybridized carbons (Fsp3) is 0.357. The Morgan fingerprint density at radius 3 is 2.41 bits per heavy atom. The second-order valence-electron chi connectivity index (χ2n) is 4.62. The van der Waals surface area contributed by atoms with E-state index in [-0.39, 0.29) is 5.84 Å². The molecule has 1 aromatic rings. The normalized spacial score (nSPS) is 19.4. The summed E-state index contributed by atoms with van der Waals surface area (Å²) in [6.07, 6.45) is 2.48. The number of amidine groups is 1. The van der Waals surface area contributed by atoms with Gasteiger partial charge in [-0.05, 0) is 25.3 Å². The van der Waals surface area contributed by atoms with Gasteiger partial charge in [-0.3, -0.25) is 5.41 Å². The van der Waals surface area contributed by atoms with Gasteiger partial charge < -0.3 is 10.6 Å². The van der Waals surface area contributed by atoms with Crippen molar-refractivity contribution in [3.63, 3.8) is 0 Å². The molecule has 1 saturated heterocycles. The molecule has 0 spiro atoms. The largest absolute Gasteiger partial charge is 0.384 e. The molecule has 0 unspecified atom stereocenters. The molecule has 2 rings (SSSR count). The Morgan fingerprint density at radius 1 is 1.35 bits per heavy atom. The van der Waals surface area contributed by atoms with Gasteiger partial charge in [0.2, 0.25) is 0 Å². The van der Waals surface area contributed by atoms with Crippen LogP contribution in [0.3, 0.4) is 0 Å². The number of hydrogen-bond donors (Lipinski definition) is 2. The maximum atomic E-state index is 7.36. The Kier molecular flexibility index (Phi) is 3.18. The van der Waals surface area contributed by atoms with Crippen molar-refractivity contribution < 1.29 is 0 Å². The van der Waals surface area contributed by atoms with Gasteiger partial charge in [0, 0.05) is 23.8 Å². The van der Waals surface area contributed by atoms with Crippen LogP contribution in [0.25, 0.3) is 5.70 Å². The van der Waals surface area contributed by atoms with E-state index in [1.54, 1.807) is 0 Å². The summed E-state index contributed by atoms with van der Waals surface area (Å²) in [5.41, 5.74) is 8.38. The summed E-state index contributed by atoms with van der Waals surface area (Å²) in [5.74, 6) is 0.108. The average Bonchev–Trinajstić information content (AvgIpc) is 2.74. The molecule has 0 amide bonds. The molecule has 0 radical (unpaired) electrons. The van der Waals surface area contributed by atoms with E-state index in [2.05, 4.69) is 18.4 Å². The Bertz CT molecular complexity index is 433. The number of benzene rings is 1. The molecule has 0 bridgehead atoms. The third-order valence-corrected chi connectivity index (χ3v) is 3.43. The lowest BCUT2D eigenvalue weighted by Crippen LogP contribution is -2.24. The first-order valence-electron chi connectivity index (χ1n) is 6.00. The predicted molar refractivity (Wildman–Crippen MR) is 71.9 cm³/mol. The van der Waals surface area contributed by atoms with Gasteiger partial charge in [-0.1, -0.05) is 30.8 Å². The van der Waals surface area contributed by atoms with Crippen LogP contribution in [-0.2, 0) is 0 Å². The van der Waals surface area contributed by atoms with E-state index in [9.17, 15) is 0 Å². The second kappa shape index (κ2) is 4.62. The van der Waals surface area contributed by atoms with Crippen molar-refractivity contribution in [1.82, 2.24) is 4.90 Å². The molecule has 1 aliphatic heterocycles. The summed E-state index contributed by atoms with van der Waals surface area (Å²) in [5, 5.41) is 7.36. The minimum absolute atomic E-state index is 0.108. The lowest BCUT2D eigenvalue weighted by molar-refractivity contribution is 0.394. The first-order valence-corrected chi connectivity index (χ1v) is 6.00. The lowest BCUT2D eigenvalue weighted by atomic mass is 10.1. The van der Waals surface area contributed by atoms with Crippen molar-refractivity contribution >= 4 is 11.5 Å². The Morgan fingerprint density at radius 2 is 1.94 bits per heavy atom. The van der Waals surface area contributed by atoms with Gasteiger partial charge in [-0.15, -0.1) is 0 Å². The van der Waals surface area contributed by atoms with E-state index in [1.807, 2.05) is 24.3 Å². The quantitative estimate of drug-likeness (QED) is 0.618. The van der Waals surface area contributed by atoms with E-state index in [1.165, 1.54) is 12.8 Å². The second-order valence-corrected chi connectivity index (χ2v) is 4.62. The van der Waals surface area contributed by atoms with Crippen molar-refractivity contribution in [3.8, 4) is 0 Å². The average molecular weight is 229 g/mol. The summed E-state index contributed by atoms with van der Waals surface area (Å²) in [6.45, 7) is 7.50. The first kappa shape index (κ1) is 11.7. The highest BCUT2D eigenvalue weighted by atomic mass is 15.2. The van der Waals surface area contributed by atoms with E-state index >= 15 is 0 Å². The van der Waals surface area contributed by atoms with Gasteiger partial charge in [0.25, 0.3) is 0 Å². The number of nitrogen functional groups attached to an aromatic ring is 1. The van der Waals surface area contributed by atoms with Crippen LogP contribution in [0.4, 0.5) is 0 Å². The van der Waals surface area contributed by atoms with Gasteiger partial charge in [-0.2, -0.15) is 0 Å². The Balaban J connectivity index is 2.17. The maximum absolute atomic E-state index is 7.36. The molecule has 90 valence electrons. The fourth-order valence-corrected chi connectivity index (χ4v) is 2.34. The maximum Gasteiger partial charge on any atom is 0.122 e. The summed E-state index contributed by atoms with van der Waals surface area (Å²) < 4.78 is 0. The summed E-state index contributed by atoms with van der Waals surface area (Å²) in [4.78, 5) is 2.35. The van der Waals surface area contributed by atoms with Crippen LogP contribution < -0.4 is 5.73 Å². The van der Waals surface area contributed by atoms with Crippen LogP contribution in [0.2, 0.25) is 0 Å². The molecule has 1 aromatic carbocycles. The molecule has 3 nitrogen and oxygen atoms in total. The van der Waals surface area contributed by atoms with Crippen molar-refractivity contribution in [2.45, 2.75) is 25.8 Å². The fourth-order valence-electron chi connectivity index (χ4n) is 2.34. The number of nitrogens with one attached hydrogen (secondary N) is 1. The van der Waals surface area contributed by atoms with E-state index in [0.29, 0.717) is 6.04 Å². The zero-order valence-electron chi connectivity index (χ0n) is 10.2. The van der Waals surface area contributed by atoms with Crippen molar-refractivity contribution in [3.05, 3.63) is 42.0 Å². The Hall–Kier alpha value is -1.77. The molecular formula is C14H19N3. The molecule has 1 aliphatic rings. The van der Waals surface area contributed by atoms with Crippen molar-refractivity contribution in [2.75, 3.05) is 6.54 Å². The third kappa shape index (κ3) is 2.33. The number of nitrogens with two attached hydrogens (primary N) is 1. The van der Waals surface area contributed by atoms with Gasteiger partial charge in [0.1, 0.15) is 5.84 Å². The van der Waals surface area contributed by atoms with Gasteiger partial charge in [0.15, 0.2) is 0 Å². The minimum atomic E-state index is 0.108. The molecule has 3 N–H and O–H groups in total. The van der Waals surface area contributed by atoms with Crippen LogP contribution in [0.1, 0.15) is 30.9 Å². The minimum Gasteiger partial charge on any atom is -0.384 e. The highest BCUT2D eigenvalue weighted by molar-refractivity contribution is 5.95. The van der Waals surface area contributed by atoms with Crippen molar-refractivity contribution in [1.29, 1.82) is 5.41 Å². The molecule has 0 saturated carbocycles. The van der Waals surface area contributed by atoms with Gasteiger partial charge >= 0.3 is 0 Å². The van der Waals surface area contributed by atoms with E-state index < -0.39 is 0 Å². The smallest absolute Gasteiger partial charge is 0.122 e. The molecule has 0 aliphatic carbocycles. The lowest BCUT2D eigenvalue weighted by Gasteiger charge is -2.26. The van der Waals surface area contributed by atoms with E-state index in [4.69, 9.17) is 11.1 Å². The molecule has 17 heavy (non-hydrogen) atoms. The predicted octanol–water partition coefficient (Wildman–Crippen LogP) is 2.43. The van der Waals surface area contributed by atoms with Crippen LogP contribution in [0, 0.1) is 5.41 Å². The monoisotopic (exact) mass is 229 g/mol. The molecule has 0 aromatic heterocycles.